The number of halogens is 2. The molecule has 0 aliphatic rings. The Hall–Kier alpha value is -1.71. The van der Waals surface area contributed by atoms with Crippen LogP contribution in [0, 0.1) is 6.92 Å². The molecule has 0 spiro atoms. The summed E-state index contributed by atoms with van der Waals surface area (Å²) in [5.74, 6) is 0. The van der Waals surface area contributed by atoms with Gasteiger partial charge in [0.2, 0.25) is 0 Å². The van der Waals surface area contributed by atoms with E-state index in [2.05, 4.69) is 24.4 Å². The van der Waals surface area contributed by atoms with Crippen molar-refractivity contribution in [3.63, 3.8) is 0 Å². The molecule has 2 rings (SSSR count). The summed E-state index contributed by atoms with van der Waals surface area (Å²) < 4.78 is 0. The normalized spacial score (nSPS) is 10.4. The first-order valence-electron chi connectivity index (χ1n) is 7.45. The van der Waals surface area contributed by atoms with Crippen LogP contribution in [0.4, 0.5) is 4.79 Å². The smallest absolute Gasteiger partial charge is 0.317 e. The SMILES string of the molecule is Cc1ccccc1CCNC(=O)N(C)Cc1ccc(Cl)c(Cl)c1. The van der Waals surface area contributed by atoms with Crippen LogP contribution in [0.5, 0.6) is 0 Å². The minimum atomic E-state index is -0.107. The fraction of sp³-hybridized carbons (Fsp3) is 0.278. The molecule has 0 aromatic heterocycles. The first-order chi connectivity index (χ1) is 11.0. The van der Waals surface area contributed by atoms with Gasteiger partial charge < -0.3 is 10.2 Å². The second kappa shape index (κ2) is 8.23. The van der Waals surface area contributed by atoms with Gasteiger partial charge >= 0.3 is 6.03 Å². The van der Waals surface area contributed by atoms with Crippen molar-refractivity contribution >= 4 is 29.2 Å². The molecular formula is C18H20Cl2N2O. The summed E-state index contributed by atoms with van der Waals surface area (Å²) in [6, 6.07) is 13.5. The molecule has 2 amide bonds. The quantitative estimate of drug-likeness (QED) is 0.833. The Morgan fingerprint density at radius 3 is 2.57 bits per heavy atom. The zero-order chi connectivity index (χ0) is 16.8. The van der Waals surface area contributed by atoms with Crippen LogP contribution < -0.4 is 5.32 Å². The Morgan fingerprint density at radius 1 is 1.13 bits per heavy atom. The molecule has 122 valence electrons. The minimum absolute atomic E-state index is 0.107. The van der Waals surface area contributed by atoms with Crippen molar-refractivity contribution in [1.29, 1.82) is 0 Å². The molecule has 5 heteroatoms. The maximum absolute atomic E-state index is 12.1. The summed E-state index contributed by atoms with van der Waals surface area (Å²) in [6.45, 7) is 3.16. The van der Waals surface area contributed by atoms with E-state index in [1.54, 1.807) is 24.1 Å². The van der Waals surface area contributed by atoms with Crippen molar-refractivity contribution in [2.75, 3.05) is 13.6 Å². The standard InChI is InChI=1S/C18H20Cl2N2O/c1-13-5-3-4-6-15(13)9-10-21-18(23)22(2)12-14-7-8-16(19)17(20)11-14/h3-8,11H,9-10,12H2,1-2H3,(H,21,23). The monoisotopic (exact) mass is 350 g/mol. The number of nitrogens with zero attached hydrogens (tertiary/aromatic N) is 1. The second-order valence-corrected chi connectivity index (χ2v) is 6.33. The predicted octanol–water partition coefficient (Wildman–Crippen LogP) is 4.69. The van der Waals surface area contributed by atoms with Crippen LogP contribution >= 0.6 is 23.2 Å². The number of nitrogens with one attached hydrogen (secondary N) is 1. The van der Waals surface area contributed by atoms with Gasteiger partial charge in [-0.15, -0.1) is 0 Å². The Labute approximate surface area is 147 Å². The molecular weight excluding hydrogens is 331 g/mol. The predicted molar refractivity (Wildman–Crippen MR) is 96.2 cm³/mol. The number of urea groups is 1. The van der Waals surface area contributed by atoms with E-state index in [4.69, 9.17) is 23.2 Å². The Bertz CT molecular complexity index is 688. The van der Waals surface area contributed by atoms with Crippen molar-refractivity contribution in [3.05, 3.63) is 69.2 Å². The first kappa shape index (κ1) is 17.6. The van der Waals surface area contributed by atoms with E-state index in [-0.39, 0.29) is 6.03 Å². The third-order valence-electron chi connectivity index (χ3n) is 3.68. The molecule has 2 aromatic rings. The van der Waals surface area contributed by atoms with Crippen molar-refractivity contribution in [2.24, 2.45) is 0 Å². The minimum Gasteiger partial charge on any atom is -0.338 e. The lowest BCUT2D eigenvalue weighted by atomic mass is 10.1. The number of aryl methyl sites for hydroxylation is 1. The van der Waals surface area contributed by atoms with Gasteiger partial charge in [0.15, 0.2) is 0 Å². The molecule has 3 nitrogen and oxygen atoms in total. The highest BCUT2D eigenvalue weighted by Crippen LogP contribution is 2.23. The lowest BCUT2D eigenvalue weighted by Gasteiger charge is -2.18. The fourth-order valence-corrected chi connectivity index (χ4v) is 2.63. The lowest BCUT2D eigenvalue weighted by Crippen LogP contribution is -2.37. The molecule has 0 aliphatic heterocycles. The van der Waals surface area contributed by atoms with Gasteiger partial charge in [-0.2, -0.15) is 0 Å². The van der Waals surface area contributed by atoms with Crippen LogP contribution in [0.25, 0.3) is 0 Å². The number of benzene rings is 2. The molecule has 0 aliphatic carbocycles. The Morgan fingerprint density at radius 2 is 1.87 bits per heavy atom. The van der Waals surface area contributed by atoms with E-state index in [0.29, 0.717) is 23.1 Å². The van der Waals surface area contributed by atoms with Gasteiger partial charge in [-0.3, -0.25) is 0 Å². The van der Waals surface area contributed by atoms with Crippen LogP contribution in [0.3, 0.4) is 0 Å². The molecule has 0 radical (unpaired) electrons. The molecule has 1 N–H and O–H groups in total. The largest absolute Gasteiger partial charge is 0.338 e. The summed E-state index contributed by atoms with van der Waals surface area (Å²) in [6.07, 6.45) is 0.818. The van der Waals surface area contributed by atoms with Crippen molar-refractivity contribution in [2.45, 2.75) is 19.9 Å². The molecule has 0 heterocycles. The summed E-state index contributed by atoms with van der Waals surface area (Å²) in [5, 5.41) is 3.94. The van der Waals surface area contributed by atoms with Crippen molar-refractivity contribution in [3.8, 4) is 0 Å². The molecule has 23 heavy (non-hydrogen) atoms. The van der Waals surface area contributed by atoms with Crippen molar-refractivity contribution in [1.82, 2.24) is 10.2 Å². The third-order valence-corrected chi connectivity index (χ3v) is 4.42. The fourth-order valence-electron chi connectivity index (χ4n) is 2.31. The van der Waals surface area contributed by atoms with E-state index in [9.17, 15) is 4.79 Å². The van der Waals surface area contributed by atoms with Gasteiger partial charge in [0.05, 0.1) is 10.0 Å². The van der Waals surface area contributed by atoms with Crippen LogP contribution in [0.2, 0.25) is 10.0 Å². The maximum atomic E-state index is 12.1. The summed E-state index contributed by atoms with van der Waals surface area (Å²) >= 11 is 11.9. The number of rotatable bonds is 5. The highest BCUT2D eigenvalue weighted by molar-refractivity contribution is 6.42. The number of carbonyl (C=O) groups is 1. The van der Waals surface area contributed by atoms with Crippen molar-refractivity contribution < 1.29 is 4.79 Å². The average molecular weight is 351 g/mol. The van der Waals surface area contributed by atoms with Gasteiger partial charge in [-0.05, 0) is 42.2 Å². The van der Waals surface area contributed by atoms with E-state index < -0.39 is 0 Å². The number of amides is 2. The first-order valence-corrected chi connectivity index (χ1v) is 8.20. The zero-order valence-electron chi connectivity index (χ0n) is 13.3. The molecule has 0 saturated heterocycles. The van der Waals surface area contributed by atoms with Gasteiger partial charge in [-0.25, -0.2) is 4.79 Å². The summed E-state index contributed by atoms with van der Waals surface area (Å²) in [5.41, 5.74) is 3.43. The Balaban J connectivity index is 1.83. The molecule has 0 bridgehead atoms. The Kier molecular flexibility index (Phi) is 6.31. The molecule has 2 aromatic carbocycles. The lowest BCUT2D eigenvalue weighted by molar-refractivity contribution is 0.207. The van der Waals surface area contributed by atoms with E-state index in [1.165, 1.54) is 11.1 Å². The summed E-state index contributed by atoms with van der Waals surface area (Å²) in [7, 11) is 1.76. The van der Waals surface area contributed by atoms with Crippen LogP contribution in [0.15, 0.2) is 42.5 Å². The van der Waals surface area contributed by atoms with Crippen LogP contribution in [-0.4, -0.2) is 24.5 Å². The third kappa shape index (κ3) is 5.15. The highest BCUT2D eigenvalue weighted by Gasteiger charge is 2.09. The van der Waals surface area contributed by atoms with E-state index in [0.717, 1.165) is 12.0 Å². The topological polar surface area (TPSA) is 32.3 Å². The average Bonchev–Trinajstić information content (AvgIpc) is 2.52. The second-order valence-electron chi connectivity index (χ2n) is 5.51. The number of carbonyl (C=O) groups excluding carboxylic acids is 1. The van der Waals surface area contributed by atoms with Crippen LogP contribution in [-0.2, 0) is 13.0 Å². The van der Waals surface area contributed by atoms with E-state index in [1.807, 2.05) is 18.2 Å². The molecule has 0 unspecified atom stereocenters. The molecule has 0 fully saturated rings. The molecule has 0 saturated carbocycles. The van der Waals surface area contributed by atoms with Gasteiger partial charge in [0.25, 0.3) is 0 Å². The zero-order valence-corrected chi connectivity index (χ0v) is 14.8. The number of hydrogen-bond acceptors (Lipinski definition) is 1. The van der Waals surface area contributed by atoms with Gasteiger partial charge in [0.1, 0.15) is 0 Å². The number of hydrogen-bond donors (Lipinski definition) is 1. The highest BCUT2D eigenvalue weighted by atomic mass is 35.5. The van der Waals surface area contributed by atoms with Gasteiger partial charge in [0, 0.05) is 20.1 Å². The summed E-state index contributed by atoms with van der Waals surface area (Å²) in [4.78, 5) is 13.8. The molecule has 0 atom stereocenters. The van der Waals surface area contributed by atoms with E-state index >= 15 is 0 Å². The van der Waals surface area contributed by atoms with Crippen LogP contribution in [0.1, 0.15) is 16.7 Å². The van der Waals surface area contributed by atoms with Gasteiger partial charge in [-0.1, -0.05) is 53.5 Å². The maximum Gasteiger partial charge on any atom is 0.317 e.